The van der Waals surface area contributed by atoms with Crippen molar-refractivity contribution in [1.82, 2.24) is 20.1 Å². The van der Waals surface area contributed by atoms with Gasteiger partial charge in [-0.2, -0.15) is 0 Å². The maximum absolute atomic E-state index is 4.09. The Morgan fingerprint density at radius 1 is 1.64 bits per heavy atom. The topological polar surface area (TPSA) is 42.7 Å². The molecule has 0 aromatic carbocycles. The summed E-state index contributed by atoms with van der Waals surface area (Å²) in [5.41, 5.74) is 0. The molecule has 0 spiro atoms. The van der Waals surface area contributed by atoms with E-state index in [1.807, 2.05) is 11.6 Å². The average Bonchev–Trinajstić information content (AvgIpc) is 2.48. The molecule has 1 saturated carbocycles. The van der Waals surface area contributed by atoms with E-state index < -0.39 is 0 Å². The third-order valence-electron chi connectivity index (χ3n) is 3.07. The zero-order chi connectivity index (χ0) is 9.97. The van der Waals surface area contributed by atoms with Crippen molar-refractivity contribution in [1.29, 1.82) is 0 Å². The van der Waals surface area contributed by atoms with Gasteiger partial charge in [0.05, 0.1) is 6.04 Å². The fourth-order valence-corrected chi connectivity index (χ4v) is 1.82. The van der Waals surface area contributed by atoms with Crippen LogP contribution in [-0.2, 0) is 7.05 Å². The molecule has 0 radical (unpaired) electrons. The summed E-state index contributed by atoms with van der Waals surface area (Å²) in [5, 5.41) is 11.5. The van der Waals surface area contributed by atoms with Crippen molar-refractivity contribution in [3.63, 3.8) is 0 Å². The smallest absolute Gasteiger partial charge is 0.149 e. The van der Waals surface area contributed by atoms with E-state index in [1.54, 1.807) is 6.33 Å². The van der Waals surface area contributed by atoms with Crippen LogP contribution in [-0.4, -0.2) is 21.3 Å². The second kappa shape index (κ2) is 4.09. The van der Waals surface area contributed by atoms with E-state index in [4.69, 9.17) is 0 Å². The van der Waals surface area contributed by atoms with Gasteiger partial charge in [0, 0.05) is 7.05 Å². The summed E-state index contributed by atoms with van der Waals surface area (Å²) in [6.07, 6.45) is 5.93. The molecule has 1 N–H and O–H groups in total. The highest BCUT2D eigenvalue weighted by Crippen LogP contribution is 2.25. The summed E-state index contributed by atoms with van der Waals surface area (Å²) in [7, 11) is 1.98. The average molecular weight is 194 g/mol. The van der Waals surface area contributed by atoms with Gasteiger partial charge in [-0.15, -0.1) is 10.2 Å². The van der Waals surface area contributed by atoms with Crippen LogP contribution < -0.4 is 5.32 Å². The number of aromatic nitrogens is 3. The normalized spacial score (nSPS) is 19.3. The minimum absolute atomic E-state index is 0.308. The SMILES string of the molecule is CC(NCC1CCC1)c1nncn1C. The van der Waals surface area contributed by atoms with Crippen molar-refractivity contribution in [3.05, 3.63) is 12.2 Å². The number of rotatable bonds is 4. The molecule has 78 valence electrons. The lowest BCUT2D eigenvalue weighted by atomic mass is 9.85. The van der Waals surface area contributed by atoms with E-state index in [0.29, 0.717) is 6.04 Å². The lowest BCUT2D eigenvalue weighted by Gasteiger charge is -2.27. The van der Waals surface area contributed by atoms with E-state index >= 15 is 0 Å². The van der Waals surface area contributed by atoms with Gasteiger partial charge in [-0.3, -0.25) is 0 Å². The molecule has 4 heteroatoms. The van der Waals surface area contributed by atoms with Gasteiger partial charge in [0.2, 0.25) is 0 Å². The third-order valence-corrected chi connectivity index (χ3v) is 3.07. The zero-order valence-electron chi connectivity index (χ0n) is 8.90. The summed E-state index contributed by atoms with van der Waals surface area (Å²) < 4.78 is 1.97. The number of hydrogen-bond acceptors (Lipinski definition) is 3. The minimum atomic E-state index is 0.308. The quantitative estimate of drug-likeness (QED) is 0.784. The van der Waals surface area contributed by atoms with Gasteiger partial charge in [0.1, 0.15) is 12.2 Å². The summed E-state index contributed by atoms with van der Waals surface area (Å²) in [6.45, 7) is 3.26. The summed E-state index contributed by atoms with van der Waals surface area (Å²) >= 11 is 0. The number of nitrogens with one attached hydrogen (secondary N) is 1. The number of aryl methyl sites for hydroxylation is 1. The highest BCUT2D eigenvalue weighted by atomic mass is 15.3. The Hall–Kier alpha value is -0.900. The van der Waals surface area contributed by atoms with Gasteiger partial charge in [-0.05, 0) is 32.2 Å². The monoisotopic (exact) mass is 194 g/mol. The molecule has 4 nitrogen and oxygen atoms in total. The molecule has 0 saturated heterocycles. The number of hydrogen-bond donors (Lipinski definition) is 1. The molecule has 14 heavy (non-hydrogen) atoms. The van der Waals surface area contributed by atoms with Crippen molar-refractivity contribution in [3.8, 4) is 0 Å². The molecule has 1 aromatic rings. The van der Waals surface area contributed by atoms with Crippen LogP contribution in [0.15, 0.2) is 6.33 Å². The second-order valence-electron chi connectivity index (χ2n) is 4.23. The number of nitrogens with zero attached hydrogens (tertiary/aromatic N) is 3. The zero-order valence-corrected chi connectivity index (χ0v) is 8.90. The van der Waals surface area contributed by atoms with E-state index in [2.05, 4.69) is 22.4 Å². The standard InChI is InChI=1S/C10H18N4/c1-8(10-13-12-7-14(10)2)11-6-9-4-3-5-9/h7-9,11H,3-6H2,1-2H3. The molecule has 1 aliphatic carbocycles. The van der Waals surface area contributed by atoms with Gasteiger partial charge in [-0.25, -0.2) is 0 Å². The van der Waals surface area contributed by atoms with Crippen LogP contribution in [0.5, 0.6) is 0 Å². The fraction of sp³-hybridized carbons (Fsp3) is 0.800. The molecule has 1 aromatic heterocycles. The first-order chi connectivity index (χ1) is 6.77. The summed E-state index contributed by atoms with van der Waals surface area (Å²) in [6, 6.07) is 0.308. The van der Waals surface area contributed by atoms with Gasteiger partial charge >= 0.3 is 0 Å². The Labute approximate surface area is 84.7 Å². The first-order valence-electron chi connectivity index (χ1n) is 5.34. The lowest BCUT2D eigenvalue weighted by molar-refractivity contribution is 0.289. The first-order valence-corrected chi connectivity index (χ1v) is 5.34. The van der Waals surface area contributed by atoms with Crippen molar-refractivity contribution >= 4 is 0 Å². The Balaban J connectivity index is 1.82. The van der Waals surface area contributed by atoms with Crippen molar-refractivity contribution in [2.24, 2.45) is 13.0 Å². The van der Waals surface area contributed by atoms with E-state index in [1.165, 1.54) is 19.3 Å². The molecule has 0 aliphatic heterocycles. The van der Waals surface area contributed by atoms with Gasteiger partial charge in [0.15, 0.2) is 0 Å². The molecule has 0 amide bonds. The Morgan fingerprint density at radius 3 is 2.93 bits per heavy atom. The van der Waals surface area contributed by atoms with E-state index in [-0.39, 0.29) is 0 Å². The van der Waals surface area contributed by atoms with Gasteiger partial charge in [0.25, 0.3) is 0 Å². The molecule has 1 heterocycles. The molecular formula is C10H18N4. The summed E-state index contributed by atoms with van der Waals surface area (Å²) in [4.78, 5) is 0. The Kier molecular flexibility index (Phi) is 2.82. The molecule has 1 aliphatic rings. The van der Waals surface area contributed by atoms with Crippen LogP contribution in [0.1, 0.15) is 38.1 Å². The first kappa shape index (κ1) is 9.65. The third kappa shape index (κ3) is 1.95. The molecule has 1 atom stereocenters. The fourth-order valence-electron chi connectivity index (χ4n) is 1.82. The molecule has 1 fully saturated rings. The predicted octanol–water partition coefficient (Wildman–Crippen LogP) is 1.27. The van der Waals surface area contributed by atoms with E-state index in [9.17, 15) is 0 Å². The predicted molar refractivity (Wildman–Crippen MR) is 54.8 cm³/mol. The van der Waals surface area contributed by atoms with Crippen LogP contribution in [0.3, 0.4) is 0 Å². The van der Waals surface area contributed by atoms with Crippen LogP contribution in [0.4, 0.5) is 0 Å². The van der Waals surface area contributed by atoms with Crippen molar-refractivity contribution in [2.75, 3.05) is 6.54 Å². The lowest BCUT2D eigenvalue weighted by Crippen LogP contribution is -2.30. The highest BCUT2D eigenvalue weighted by Gasteiger charge is 2.19. The summed E-state index contributed by atoms with van der Waals surface area (Å²) in [5.74, 6) is 1.91. The molecule has 2 rings (SSSR count). The minimum Gasteiger partial charge on any atom is -0.319 e. The van der Waals surface area contributed by atoms with Crippen molar-refractivity contribution < 1.29 is 0 Å². The van der Waals surface area contributed by atoms with E-state index in [0.717, 1.165) is 18.3 Å². The Morgan fingerprint density at radius 2 is 2.43 bits per heavy atom. The maximum Gasteiger partial charge on any atom is 0.149 e. The maximum atomic E-state index is 4.09. The van der Waals surface area contributed by atoms with Gasteiger partial charge < -0.3 is 9.88 Å². The molecule has 0 bridgehead atoms. The second-order valence-corrected chi connectivity index (χ2v) is 4.23. The van der Waals surface area contributed by atoms with Gasteiger partial charge in [-0.1, -0.05) is 6.42 Å². The molecule has 1 unspecified atom stereocenters. The Bertz CT molecular complexity index is 290. The van der Waals surface area contributed by atoms with Crippen LogP contribution in [0.25, 0.3) is 0 Å². The van der Waals surface area contributed by atoms with Crippen LogP contribution in [0.2, 0.25) is 0 Å². The highest BCUT2D eigenvalue weighted by molar-refractivity contribution is 4.92. The van der Waals surface area contributed by atoms with Crippen molar-refractivity contribution in [2.45, 2.75) is 32.2 Å². The molecular weight excluding hydrogens is 176 g/mol. The largest absolute Gasteiger partial charge is 0.319 e. The van der Waals surface area contributed by atoms with Crippen LogP contribution in [0, 0.1) is 5.92 Å². The van der Waals surface area contributed by atoms with Crippen LogP contribution >= 0.6 is 0 Å².